The molecule has 34 heavy (non-hydrogen) atoms. The van der Waals surface area contributed by atoms with Crippen LogP contribution in [0, 0.1) is 5.92 Å². The minimum Gasteiger partial charge on any atom is -0.449 e. The molecule has 0 amide bonds. The number of methoxy groups -OCH3 is 1. The lowest BCUT2D eigenvalue weighted by Gasteiger charge is -2.10. The first kappa shape index (κ1) is 20.7. The van der Waals surface area contributed by atoms with E-state index >= 15 is 0 Å². The summed E-state index contributed by atoms with van der Waals surface area (Å²) >= 11 is 0. The molecule has 0 unspecified atom stereocenters. The first-order valence-corrected chi connectivity index (χ1v) is 11.5. The van der Waals surface area contributed by atoms with E-state index in [2.05, 4.69) is 51.6 Å². The molecule has 0 atom stereocenters. The predicted octanol–water partition coefficient (Wildman–Crippen LogP) is 5.92. The van der Waals surface area contributed by atoms with E-state index in [1.807, 2.05) is 6.07 Å². The van der Waals surface area contributed by atoms with E-state index in [0.717, 1.165) is 29.4 Å². The van der Waals surface area contributed by atoms with Gasteiger partial charge in [0.25, 0.3) is 0 Å². The Kier molecular flexibility index (Phi) is 4.99. The van der Waals surface area contributed by atoms with Crippen molar-refractivity contribution in [2.75, 3.05) is 13.7 Å². The molecule has 172 valence electrons. The number of nitrogens with zero attached hydrogens (tertiary/aromatic N) is 3. The number of rotatable bonds is 7. The zero-order valence-corrected chi connectivity index (χ0v) is 18.9. The van der Waals surface area contributed by atoms with Gasteiger partial charge < -0.3 is 23.7 Å². The summed E-state index contributed by atoms with van der Waals surface area (Å²) in [5.41, 5.74) is 5.11. The number of aromatic nitrogens is 3. The number of imidazole rings is 1. The van der Waals surface area contributed by atoms with Crippen LogP contribution in [0.15, 0.2) is 60.7 Å². The van der Waals surface area contributed by atoms with Gasteiger partial charge in [-0.05, 0) is 55.2 Å². The summed E-state index contributed by atoms with van der Waals surface area (Å²) in [7, 11) is 1.68. The summed E-state index contributed by atoms with van der Waals surface area (Å²) in [5.74, 6) is 1.85. The summed E-state index contributed by atoms with van der Waals surface area (Å²) in [6.45, 7) is 2.22. The quantitative estimate of drug-likeness (QED) is 0.243. The molecule has 7 nitrogen and oxygen atoms in total. The Bertz CT molecular complexity index is 1540. The van der Waals surface area contributed by atoms with Gasteiger partial charge in [-0.3, -0.25) is 0 Å². The van der Waals surface area contributed by atoms with E-state index in [-0.39, 0.29) is 5.75 Å². The lowest BCUT2D eigenvalue weighted by atomic mass is 10.1. The molecule has 0 bridgehead atoms. The highest BCUT2D eigenvalue weighted by Gasteiger charge is 2.24. The van der Waals surface area contributed by atoms with E-state index in [0.29, 0.717) is 18.7 Å². The predicted molar refractivity (Wildman–Crippen MR) is 131 cm³/mol. The van der Waals surface area contributed by atoms with Gasteiger partial charge in [0.2, 0.25) is 0 Å². The van der Waals surface area contributed by atoms with E-state index in [1.54, 1.807) is 19.2 Å². The fraction of sp³-hybridized carbons (Fsp3) is 0.259. The first-order chi connectivity index (χ1) is 16.6. The summed E-state index contributed by atoms with van der Waals surface area (Å²) in [6.07, 6.45) is 1.28. The molecule has 6 rings (SSSR count). The molecular weight excluding hydrogens is 430 g/mol. The molecule has 1 aliphatic rings. The Balaban J connectivity index is 1.52. The van der Waals surface area contributed by atoms with Gasteiger partial charge in [0.1, 0.15) is 11.6 Å². The average molecular weight is 456 g/mol. The molecule has 1 N–H and O–H groups in total. The summed E-state index contributed by atoms with van der Waals surface area (Å²) in [4.78, 5) is 15.9. The molecule has 0 saturated heterocycles. The third-order valence-electron chi connectivity index (χ3n) is 6.61. The monoisotopic (exact) mass is 455 g/mol. The number of carbonyl (C=O) groups is 1. The molecule has 1 saturated carbocycles. The van der Waals surface area contributed by atoms with Gasteiger partial charge in [-0.2, -0.15) is 0 Å². The summed E-state index contributed by atoms with van der Waals surface area (Å²) < 4.78 is 14.8. The van der Waals surface area contributed by atoms with Crippen molar-refractivity contribution in [1.29, 1.82) is 0 Å². The van der Waals surface area contributed by atoms with E-state index in [4.69, 9.17) is 19.6 Å². The smallest absolute Gasteiger partial charge is 0.449 e. The third kappa shape index (κ3) is 3.58. The maximum Gasteiger partial charge on any atom is 0.511 e. The number of hydrogen-bond acceptors (Lipinski definition) is 4. The van der Waals surface area contributed by atoms with Crippen molar-refractivity contribution in [2.24, 2.45) is 5.92 Å². The van der Waals surface area contributed by atoms with Gasteiger partial charge in [-0.1, -0.05) is 18.2 Å². The molecule has 3 aromatic carbocycles. The van der Waals surface area contributed by atoms with Gasteiger partial charge in [0, 0.05) is 53.6 Å². The Morgan fingerprint density at radius 3 is 2.59 bits per heavy atom. The fourth-order valence-corrected chi connectivity index (χ4v) is 4.85. The van der Waals surface area contributed by atoms with E-state index < -0.39 is 6.16 Å². The van der Waals surface area contributed by atoms with Crippen LogP contribution in [0.5, 0.6) is 5.75 Å². The SMILES string of the molecule is COCCn1c(-c2ccc3c(c2)c2ccccc2n3CC2CC2)nc2cc(OC(=O)O)ccc21. The van der Waals surface area contributed by atoms with Crippen LogP contribution in [0.2, 0.25) is 0 Å². The van der Waals surface area contributed by atoms with Crippen LogP contribution in [0.3, 0.4) is 0 Å². The molecule has 0 aliphatic heterocycles. The molecule has 0 spiro atoms. The van der Waals surface area contributed by atoms with Crippen molar-refractivity contribution in [3.63, 3.8) is 0 Å². The van der Waals surface area contributed by atoms with Gasteiger partial charge >= 0.3 is 6.16 Å². The average Bonchev–Trinajstić information content (AvgIpc) is 3.52. The van der Waals surface area contributed by atoms with Crippen molar-refractivity contribution in [1.82, 2.24) is 14.1 Å². The van der Waals surface area contributed by atoms with Crippen LogP contribution in [0.25, 0.3) is 44.2 Å². The van der Waals surface area contributed by atoms with Crippen molar-refractivity contribution >= 4 is 39.0 Å². The molecule has 2 aromatic heterocycles. The molecule has 1 aliphatic carbocycles. The lowest BCUT2D eigenvalue weighted by Crippen LogP contribution is -2.06. The highest BCUT2D eigenvalue weighted by Crippen LogP contribution is 2.37. The third-order valence-corrected chi connectivity index (χ3v) is 6.61. The van der Waals surface area contributed by atoms with Crippen molar-refractivity contribution in [3.05, 3.63) is 60.7 Å². The Morgan fingerprint density at radius 1 is 1.00 bits per heavy atom. The molecule has 1 fully saturated rings. The van der Waals surface area contributed by atoms with Gasteiger partial charge in [-0.25, -0.2) is 9.78 Å². The van der Waals surface area contributed by atoms with Crippen LogP contribution >= 0.6 is 0 Å². The minimum absolute atomic E-state index is 0.251. The number of hydrogen-bond donors (Lipinski definition) is 1. The van der Waals surface area contributed by atoms with E-state index in [9.17, 15) is 4.79 Å². The fourth-order valence-electron chi connectivity index (χ4n) is 4.85. The first-order valence-electron chi connectivity index (χ1n) is 11.5. The van der Waals surface area contributed by atoms with E-state index in [1.165, 1.54) is 34.6 Å². The van der Waals surface area contributed by atoms with Crippen molar-refractivity contribution < 1.29 is 19.4 Å². The molecule has 2 heterocycles. The zero-order chi connectivity index (χ0) is 23.2. The highest BCUT2D eigenvalue weighted by atomic mass is 16.7. The molecule has 5 aromatic rings. The molecule has 7 heteroatoms. The maximum atomic E-state index is 11.0. The molecule has 0 radical (unpaired) electrons. The largest absolute Gasteiger partial charge is 0.511 e. The minimum atomic E-state index is -1.34. The molecular formula is C27H25N3O4. The summed E-state index contributed by atoms with van der Waals surface area (Å²) in [5, 5.41) is 11.4. The number of fused-ring (bicyclic) bond motifs is 4. The van der Waals surface area contributed by atoms with Crippen LogP contribution in [0.1, 0.15) is 12.8 Å². The van der Waals surface area contributed by atoms with Gasteiger partial charge in [0.05, 0.1) is 17.6 Å². The highest BCUT2D eigenvalue weighted by molar-refractivity contribution is 6.09. The van der Waals surface area contributed by atoms with Crippen molar-refractivity contribution in [2.45, 2.75) is 25.9 Å². The van der Waals surface area contributed by atoms with Crippen LogP contribution in [-0.4, -0.2) is 39.1 Å². The second-order valence-corrected chi connectivity index (χ2v) is 8.90. The Morgan fingerprint density at radius 2 is 1.79 bits per heavy atom. The number of benzene rings is 3. The lowest BCUT2D eigenvalue weighted by molar-refractivity contribution is 0.144. The number of para-hydroxylation sites is 1. The Hall–Kier alpha value is -3.84. The van der Waals surface area contributed by atoms with Gasteiger partial charge in [-0.15, -0.1) is 0 Å². The standard InChI is InChI=1S/C27H25N3O4/c1-33-13-12-29-25-11-9-19(34-27(31)32)15-22(25)28-26(29)18-8-10-24-21(14-18)20-4-2-3-5-23(20)30(24)16-17-6-7-17/h2-5,8-11,14-15,17H,6-7,12-13,16H2,1H3,(H,31,32). The van der Waals surface area contributed by atoms with Crippen LogP contribution in [-0.2, 0) is 17.8 Å². The van der Waals surface area contributed by atoms with Crippen molar-refractivity contribution in [3.8, 4) is 17.1 Å². The number of carboxylic acid groups (broad SMARTS) is 1. The zero-order valence-electron chi connectivity index (χ0n) is 18.9. The number of ether oxygens (including phenoxy) is 2. The summed E-state index contributed by atoms with van der Waals surface area (Å²) in [6, 6.07) is 20.3. The second-order valence-electron chi connectivity index (χ2n) is 8.90. The van der Waals surface area contributed by atoms with Gasteiger partial charge in [0.15, 0.2) is 0 Å². The second kappa shape index (κ2) is 8.18. The Labute approximate surface area is 196 Å². The van der Waals surface area contributed by atoms with Crippen LogP contribution < -0.4 is 4.74 Å². The normalized spacial score (nSPS) is 13.8. The topological polar surface area (TPSA) is 78.5 Å². The van der Waals surface area contributed by atoms with Crippen LogP contribution in [0.4, 0.5) is 4.79 Å². The maximum absolute atomic E-state index is 11.0.